The first kappa shape index (κ1) is 8.07. The monoisotopic (exact) mass is 156 g/mol. The molecule has 0 unspecified atom stereocenters. The van der Waals surface area contributed by atoms with Gasteiger partial charge in [-0.3, -0.25) is 9.69 Å². The minimum atomic E-state index is -0.176. The number of rotatable bonds is 3. The number of H-pyrrole nitrogens is 1. The van der Waals surface area contributed by atoms with E-state index in [-0.39, 0.29) is 5.56 Å². The fraction of sp³-hybridized carbons (Fsp3) is 0.571. The zero-order valence-electron chi connectivity index (χ0n) is 6.76. The lowest BCUT2D eigenvalue weighted by atomic mass is 10.4. The van der Waals surface area contributed by atoms with Crippen LogP contribution in [0.2, 0.25) is 0 Å². The number of hydrogen-bond acceptors (Lipinski definition) is 3. The van der Waals surface area contributed by atoms with Crippen molar-refractivity contribution in [2.24, 2.45) is 0 Å². The first-order valence-electron chi connectivity index (χ1n) is 3.58. The van der Waals surface area contributed by atoms with E-state index < -0.39 is 0 Å². The molecule has 0 aliphatic heterocycles. The summed E-state index contributed by atoms with van der Waals surface area (Å²) < 4.78 is 4.86. The Labute approximate surface area is 64.8 Å². The van der Waals surface area contributed by atoms with E-state index in [2.05, 4.69) is 5.16 Å². The SMILES string of the molecule is CCN(C)Cc1cc(=O)[nH]o1. The van der Waals surface area contributed by atoms with Crippen LogP contribution in [0.4, 0.5) is 0 Å². The molecule has 62 valence electrons. The maximum Gasteiger partial charge on any atom is 0.280 e. The van der Waals surface area contributed by atoms with Gasteiger partial charge in [0.1, 0.15) is 0 Å². The van der Waals surface area contributed by atoms with Crippen molar-refractivity contribution < 1.29 is 4.52 Å². The summed E-state index contributed by atoms with van der Waals surface area (Å²) in [5, 5.41) is 2.24. The van der Waals surface area contributed by atoms with E-state index in [9.17, 15) is 4.79 Å². The number of hydrogen-bond donors (Lipinski definition) is 1. The summed E-state index contributed by atoms with van der Waals surface area (Å²) in [6.45, 7) is 3.66. The van der Waals surface area contributed by atoms with Crippen LogP contribution in [0.5, 0.6) is 0 Å². The van der Waals surface area contributed by atoms with E-state index >= 15 is 0 Å². The highest BCUT2D eigenvalue weighted by Crippen LogP contribution is 1.96. The minimum absolute atomic E-state index is 0.176. The average molecular weight is 156 g/mol. The topological polar surface area (TPSA) is 49.2 Å². The first-order valence-corrected chi connectivity index (χ1v) is 3.58. The molecule has 4 heteroatoms. The van der Waals surface area contributed by atoms with Gasteiger partial charge in [0.25, 0.3) is 5.56 Å². The van der Waals surface area contributed by atoms with E-state index in [4.69, 9.17) is 4.52 Å². The molecule has 0 saturated carbocycles. The van der Waals surface area contributed by atoms with Crippen LogP contribution in [0.25, 0.3) is 0 Å². The van der Waals surface area contributed by atoms with Gasteiger partial charge in [0.2, 0.25) is 0 Å². The second-order valence-electron chi connectivity index (χ2n) is 2.51. The smallest absolute Gasteiger partial charge is 0.280 e. The highest BCUT2D eigenvalue weighted by Gasteiger charge is 2.01. The highest BCUT2D eigenvalue weighted by atomic mass is 16.5. The van der Waals surface area contributed by atoms with Crippen LogP contribution in [0.1, 0.15) is 12.7 Å². The van der Waals surface area contributed by atoms with Crippen LogP contribution < -0.4 is 5.56 Å². The summed E-state index contributed by atoms with van der Waals surface area (Å²) in [4.78, 5) is 12.6. The van der Waals surface area contributed by atoms with Crippen molar-refractivity contribution in [3.8, 4) is 0 Å². The van der Waals surface area contributed by atoms with Gasteiger partial charge >= 0.3 is 0 Å². The quantitative estimate of drug-likeness (QED) is 0.690. The molecule has 4 nitrogen and oxygen atoms in total. The fourth-order valence-corrected chi connectivity index (χ4v) is 0.777. The first-order chi connectivity index (χ1) is 5.22. The maximum atomic E-state index is 10.6. The lowest BCUT2D eigenvalue weighted by Gasteiger charge is -2.09. The molecule has 0 amide bonds. The van der Waals surface area contributed by atoms with Crippen LogP contribution in [0.3, 0.4) is 0 Å². The lowest BCUT2D eigenvalue weighted by molar-refractivity contribution is 0.282. The Morgan fingerprint density at radius 1 is 1.73 bits per heavy atom. The van der Waals surface area contributed by atoms with Crippen LogP contribution in [-0.4, -0.2) is 23.6 Å². The molecule has 0 saturated heterocycles. The fourth-order valence-electron chi connectivity index (χ4n) is 0.777. The van der Waals surface area contributed by atoms with Crippen LogP contribution >= 0.6 is 0 Å². The standard InChI is InChI=1S/C7H12N2O2/c1-3-9(2)5-6-4-7(10)8-11-6/h4H,3,5H2,1-2H3,(H,8,10). The summed E-state index contributed by atoms with van der Waals surface area (Å²) in [5.74, 6) is 0.680. The van der Waals surface area contributed by atoms with E-state index in [0.29, 0.717) is 12.3 Å². The normalized spacial score (nSPS) is 10.8. The molecule has 1 aromatic heterocycles. The van der Waals surface area contributed by atoms with E-state index in [1.54, 1.807) is 0 Å². The van der Waals surface area contributed by atoms with Gasteiger partial charge in [0.05, 0.1) is 6.54 Å². The zero-order valence-corrected chi connectivity index (χ0v) is 6.76. The molecule has 1 heterocycles. The van der Waals surface area contributed by atoms with Gasteiger partial charge in [0, 0.05) is 6.07 Å². The lowest BCUT2D eigenvalue weighted by Crippen LogP contribution is -2.16. The predicted octanol–water partition coefficient (Wildman–Crippen LogP) is 0.420. The molecule has 0 spiro atoms. The van der Waals surface area contributed by atoms with Crippen molar-refractivity contribution in [2.45, 2.75) is 13.5 Å². The third kappa shape index (κ3) is 2.23. The Morgan fingerprint density at radius 2 is 2.45 bits per heavy atom. The third-order valence-corrected chi connectivity index (χ3v) is 1.54. The third-order valence-electron chi connectivity index (χ3n) is 1.54. The molecule has 0 radical (unpaired) electrons. The highest BCUT2D eigenvalue weighted by molar-refractivity contribution is 4.92. The molecule has 1 rings (SSSR count). The molecule has 0 atom stereocenters. The molecule has 0 bridgehead atoms. The number of nitrogens with zero attached hydrogens (tertiary/aromatic N) is 1. The molecule has 0 aliphatic rings. The Bertz CT molecular complexity index is 263. The van der Waals surface area contributed by atoms with Gasteiger partial charge < -0.3 is 4.52 Å². The molecular formula is C7H12N2O2. The second kappa shape index (κ2) is 3.39. The minimum Gasteiger partial charge on any atom is -0.382 e. The van der Waals surface area contributed by atoms with Crippen LogP contribution in [0.15, 0.2) is 15.4 Å². The molecule has 1 N–H and O–H groups in total. The summed E-state index contributed by atoms with van der Waals surface area (Å²) >= 11 is 0. The van der Waals surface area contributed by atoms with Crippen LogP contribution in [0, 0.1) is 0 Å². The zero-order chi connectivity index (χ0) is 8.27. The van der Waals surface area contributed by atoms with Gasteiger partial charge in [-0.15, -0.1) is 0 Å². The summed E-state index contributed by atoms with van der Waals surface area (Å²) in [7, 11) is 1.97. The van der Waals surface area contributed by atoms with Gasteiger partial charge in [-0.25, -0.2) is 0 Å². The summed E-state index contributed by atoms with van der Waals surface area (Å²) in [6, 6.07) is 1.46. The molecule has 1 aromatic rings. The number of aromatic nitrogens is 1. The summed E-state index contributed by atoms with van der Waals surface area (Å²) in [6.07, 6.45) is 0. The van der Waals surface area contributed by atoms with Crippen molar-refractivity contribution in [1.29, 1.82) is 0 Å². The van der Waals surface area contributed by atoms with Crippen molar-refractivity contribution >= 4 is 0 Å². The number of nitrogens with one attached hydrogen (secondary N) is 1. The van der Waals surface area contributed by atoms with Crippen molar-refractivity contribution in [3.05, 3.63) is 22.2 Å². The molecule has 0 aromatic carbocycles. The molecule has 0 aliphatic carbocycles. The second-order valence-corrected chi connectivity index (χ2v) is 2.51. The van der Waals surface area contributed by atoms with E-state index in [1.165, 1.54) is 6.07 Å². The van der Waals surface area contributed by atoms with Gasteiger partial charge in [-0.2, -0.15) is 5.16 Å². The van der Waals surface area contributed by atoms with Crippen molar-refractivity contribution in [2.75, 3.05) is 13.6 Å². The van der Waals surface area contributed by atoms with E-state index in [1.807, 2.05) is 18.9 Å². The van der Waals surface area contributed by atoms with Gasteiger partial charge in [-0.05, 0) is 13.6 Å². The van der Waals surface area contributed by atoms with Crippen molar-refractivity contribution in [1.82, 2.24) is 10.1 Å². The Morgan fingerprint density at radius 3 is 2.91 bits per heavy atom. The van der Waals surface area contributed by atoms with Gasteiger partial charge in [0.15, 0.2) is 5.76 Å². The van der Waals surface area contributed by atoms with E-state index in [0.717, 1.165) is 6.54 Å². The average Bonchev–Trinajstić information content (AvgIpc) is 2.35. The molecular weight excluding hydrogens is 144 g/mol. The molecule has 0 fully saturated rings. The van der Waals surface area contributed by atoms with Crippen molar-refractivity contribution in [3.63, 3.8) is 0 Å². The molecule has 11 heavy (non-hydrogen) atoms. The largest absolute Gasteiger partial charge is 0.382 e. The van der Waals surface area contributed by atoms with Crippen LogP contribution in [-0.2, 0) is 6.54 Å². The Kier molecular flexibility index (Phi) is 2.48. The maximum absolute atomic E-state index is 10.6. The Balaban J connectivity index is 2.57. The summed E-state index contributed by atoms with van der Waals surface area (Å²) in [5.41, 5.74) is -0.176. The van der Waals surface area contributed by atoms with Gasteiger partial charge in [-0.1, -0.05) is 6.92 Å². The Hall–Kier alpha value is -1.03. The number of aromatic amines is 1. The predicted molar refractivity (Wildman–Crippen MR) is 41.3 cm³/mol.